The Hall–Kier alpha value is -2.74. The minimum absolute atomic E-state index is 0.00198. The van der Waals surface area contributed by atoms with Gasteiger partial charge in [0, 0.05) is 12.7 Å². The summed E-state index contributed by atoms with van der Waals surface area (Å²) in [6.45, 7) is 1.42. The maximum atomic E-state index is 12.6. The molecular formula is C19H19NO6S. The van der Waals surface area contributed by atoms with E-state index in [1.54, 1.807) is 36.4 Å². The standard InChI is InChI=1S/C19H19NO6S/c1-12(21)20-15(11-27-17(20)16-7-4-8-25-16)19(23)26-10-13-5-3-6-14(9-13)18(22)24-2/h3-9,15,17H,10-11H2,1-2H3/t15-,17-/m1/s1. The van der Waals surface area contributed by atoms with E-state index < -0.39 is 18.0 Å². The summed E-state index contributed by atoms with van der Waals surface area (Å²) in [6.07, 6.45) is 1.54. The highest BCUT2D eigenvalue weighted by atomic mass is 32.2. The number of thioether (sulfide) groups is 1. The number of ether oxygens (including phenoxy) is 2. The summed E-state index contributed by atoms with van der Waals surface area (Å²) in [4.78, 5) is 37.8. The monoisotopic (exact) mass is 389 g/mol. The minimum Gasteiger partial charge on any atom is -0.466 e. The van der Waals surface area contributed by atoms with E-state index in [2.05, 4.69) is 4.74 Å². The zero-order valence-electron chi connectivity index (χ0n) is 14.9. The van der Waals surface area contributed by atoms with Gasteiger partial charge in [-0.05, 0) is 29.8 Å². The lowest BCUT2D eigenvalue weighted by Crippen LogP contribution is -2.42. The first kappa shape index (κ1) is 19.0. The van der Waals surface area contributed by atoms with E-state index in [0.717, 1.165) is 0 Å². The lowest BCUT2D eigenvalue weighted by molar-refractivity contribution is -0.154. The zero-order chi connectivity index (χ0) is 19.4. The van der Waals surface area contributed by atoms with E-state index in [4.69, 9.17) is 9.15 Å². The Balaban J connectivity index is 1.67. The average Bonchev–Trinajstić information content (AvgIpc) is 3.34. The van der Waals surface area contributed by atoms with Crippen LogP contribution in [0, 0.1) is 0 Å². The van der Waals surface area contributed by atoms with Gasteiger partial charge in [-0.25, -0.2) is 9.59 Å². The van der Waals surface area contributed by atoms with Gasteiger partial charge in [0.25, 0.3) is 0 Å². The predicted octanol–water partition coefficient (Wildman–Crippen LogP) is 2.77. The number of nitrogens with zero attached hydrogens (tertiary/aromatic N) is 1. The van der Waals surface area contributed by atoms with Crippen molar-refractivity contribution in [3.63, 3.8) is 0 Å². The zero-order valence-corrected chi connectivity index (χ0v) is 15.7. The Kier molecular flexibility index (Phi) is 5.85. The SMILES string of the molecule is COC(=O)c1cccc(COC(=O)[C@H]2CS[C@H](c3ccco3)N2C(C)=O)c1. The second kappa shape index (κ2) is 8.30. The normalized spacial score (nSPS) is 19.0. The molecular weight excluding hydrogens is 370 g/mol. The van der Waals surface area contributed by atoms with E-state index >= 15 is 0 Å². The highest BCUT2D eigenvalue weighted by Crippen LogP contribution is 2.41. The van der Waals surface area contributed by atoms with Crippen LogP contribution in [0.15, 0.2) is 47.1 Å². The van der Waals surface area contributed by atoms with Gasteiger partial charge in [0.2, 0.25) is 5.91 Å². The summed E-state index contributed by atoms with van der Waals surface area (Å²) >= 11 is 1.45. The van der Waals surface area contributed by atoms with E-state index in [1.165, 1.54) is 37.0 Å². The topological polar surface area (TPSA) is 86.1 Å². The molecule has 1 aromatic heterocycles. The van der Waals surface area contributed by atoms with Gasteiger partial charge in [-0.15, -0.1) is 11.8 Å². The molecule has 7 nitrogen and oxygen atoms in total. The van der Waals surface area contributed by atoms with Crippen molar-refractivity contribution < 1.29 is 28.3 Å². The second-order valence-corrected chi connectivity index (χ2v) is 7.06. The van der Waals surface area contributed by atoms with Crippen LogP contribution in [0.1, 0.15) is 34.0 Å². The first-order valence-corrected chi connectivity index (χ1v) is 9.34. The van der Waals surface area contributed by atoms with Crippen molar-refractivity contribution in [2.24, 2.45) is 0 Å². The number of amides is 1. The second-order valence-electron chi connectivity index (χ2n) is 5.94. The third-order valence-corrected chi connectivity index (χ3v) is 5.44. The molecule has 1 amide bonds. The average molecular weight is 389 g/mol. The molecule has 0 saturated carbocycles. The number of furan rings is 1. The summed E-state index contributed by atoms with van der Waals surface area (Å²) in [5.41, 5.74) is 1.04. The number of hydrogen-bond acceptors (Lipinski definition) is 7. The molecule has 3 rings (SSSR count). The maximum Gasteiger partial charge on any atom is 0.337 e. The number of rotatable bonds is 5. The number of carbonyl (C=O) groups is 3. The fourth-order valence-electron chi connectivity index (χ4n) is 2.88. The molecule has 2 heterocycles. The maximum absolute atomic E-state index is 12.6. The van der Waals surface area contributed by atoms with Gasteiger partial charge < -0.3 is 18.8 Å². The van der Waals surface area contributed by atoms with Crippen LogP contribution in [0.3, 0.4) is 0 Å². The van der Waals surface area contributed by atoms with Crippen molar-refractivity contribution in [2.75, 3.05) is 12.9 Å². The van der Waals surface area contributed by atoms with Gasteiger partial charge >= 0.3 is 11.9 Å². The third-order valence-electron chi connectivity index (χ3n) is 4.15. The van der Waals surface area contributed by atoms with Crippen LogP contribution in [-0.2, 0) is 25.7 Å². The largest absolute Gasteiger partial charge is 0.466 e. The molecule has 0 N–H and O–H groups in total. The van der Waals surface area contributed by atoms with Crippen LogP contribution in [0.25, 0.3) is 0 Å². The summed E-state index contributed by atoms with van der Waals surface area (Å²) in [5.74, 6) is -0.131. The van der Waals surface area contributed by atoms with E-state index in [1.807, 2.05) is 0 Å². The summed E-state index contributed by atoms with van der Waals surface area (Å²) in [7, 11) is 1.30. The van der Waals surface area contributed by atoms with E-state index in [9.17, 15) is 14.4 Å². The lowest BCUT2D eigenvalue weighted by atomic mass is 10.1. The lowest BCUT2D eigenvalue weighted by Gasteiger charge is -2.25. The molecule has 2 aromatic rings. The number of carbonyl (C=O) groups excluding carboxylic acids is 3. The first-order chi connectivity index (χ1) is 13.0. The molecule has 1 aromatic carbocycles. The number of esters is 2. The van der Waals surface area contributed by atoms with Crippen LogP contribution >= 0.6 is 11.8 Å². The van der Waals surface area contributed by atoms with Gasteiger partial charge in [-0.2, -0.15) is 0 Å². The van der Waals surface area contributed by atoms with Crippen molar-refractivity contribution in [2.45, 2.75) is 24.9 Å². The van der Waals surface area contributed by atoms with Gasteiger partial charge in [-0.3, -0.25) is 4.79 Å². The van der Waals surface area contributed by atoms with Gasteiger partial charge in [0.15, 0.2) is 0 Å². The fourth-order valence-corrected chi connectivity index (χ4v) is 4.30. The Morgan fingerprint density at radius 2 is 2.07 bits per heavy atom. The summed E-state index contributed by atoms with van der Waals surface area (Å²) in [5, 5.41) is -0.349. The molecule has 1 fully saturated rings. The molecule has 1 saturated heterocycles. The molecule has 27 heavy (non-hydrogen) atoms. The molecule has 1 aliphatic rings. The van der Waals surface area contributed by atoms with Gasteiger partial charge in [0.1, 0.15) is 23.8 Å². The molecule has 8 heteroatoms. The fraction of sp³-hybridized carbons (Fsp3) is 0.316. The summed E-state index contributed by atoms with van der Waals surface area (Å²) < 4.78 is 15.5. The highest BCUT2D eigenvalue weighted by molar-refractivity contribution is 7.99. The number of methoxy groups -OCH3 is 1. The van der Waals surface area contributed by atoms with Crippen molar-refractivity contribution in [3.8, 4) is 0 Å². The van der Waals surface area contributed by atoms with Crippen LogP contribution in [0.5, 0.6) is 0 Å². The van der Waals surface area contributed by atoms with Gasteiger partial charge in [-0.1, -0.05) is 12.1 Å². The Labute approximate surface area is 160 Å². The van der Waals surface area contributed by atoms with E-state index in [-0.39, 0.29) is 17.9 Å². The van der Waals surface area contributed by atoms with Gasteiger partial charge in [0.05, 0.1) is 18.9 Å². The Morgan fingerprint density at radius 3 is 2.74 bits per heavy atom. The highest BCUT2D eigenvalue weighted by Gasteiger charge is 2.43. The van der Waals surface area contributed by atoms with E-state index in [0.29, 0.717) is 22.6 Å². The predicted molar refractivity (Wildman–Crippen MR) is 97.8 cm³/mol. The molecule has 0 bridgehead atoms. The van der Waals surface area contributed by atoms with Crippen molar-refractivity contribution in [1.82, 2.24) is 4.90 Å². The summed E-state index contributed by atoms with van der Waals surface area (Å²) in [6, 6.07) is 9.50. The molecule has 0 aliphatic carbocycles. The molecule has 0 unspecified atom stereocenters. The van der Waals surface area contributed by atoms with Crippen LogP contribution in [0.2, 0.25) is 0 Å². The Bertz CT molecular complexity index is 834. The molecule has 0 spiro atoms. The number of benzene rings is 1. The number of hydrogen-bond donors (Lipinski definition) is 0. The molecule has 1 aliphatic heterocycles. The third kappa shape index (κ3) is 4.16. The van der Waals surface area contributed by atoms with Crippen LogP contribution in [0.4, 0.5) is 0 Å². The Morgan fingerprint density at radius 1 is 1.26 bits per heavy atom. The smallest absolute Gasteiger partial charge is 0.337 e. The van der Waals surface area contributed by atoms with Crippen molar-refractivity contribution >= 4 is 29.6 Å². The molecule has 0 radical (unpaired) electrons. The van der Waals surface area contributed by atoms with Crippen molar-refractivity contribution in [1.29, 1.82) is 0 Å². The van der Waals surface area contributed by atoms with Crippen LogP contribution < -0.4 is 0 Å². The van der Waals surface area contributed by atoms with Crippen molar-refractivity contribution in [3.05, 3.63) is 59.5 Å². The molecule has 2 atom stereocenters. The molecule has 142 valence electrons. The first-order valence-electron chi connectivity index (χ1n) is 8.29. The van der Waals surface area contributed by atoms with Crippen LogP contribution in [-0.4, -0.2) is 41.7 Å². The quantitative estimate of drug-likeness (QED) is 0.727. The minimum atomic E-state index is -0.689.